The lowest BCUT2D eigenvalue weighted by molar-refractivity contribution is -0.141. The summed E-state index contributed by atoms with van der Waals surface area (Å²) in [6.07, 6.45) is 0.694. The van der Waals surface area contributed by atoms with Crippen LogP contribution in [-0.2, 0) is 22.6 Å². The topological polar surface area (TPSA) is 49.4 Å². The summed E-state index contributed by atoms with van der Waals surface area (Å²) in [6, 6.07) is 25.0. The first-order valence-electron chi connectivity index (χ1n) is 11.5. The summed E-state index contributed by atoms with van der Waals surface area (Å²) in [5, 5.41) is 2.98. The summed E-state index contributed by atoms with van der Waals surface area (Å²) in [6.45, 7) is 4.04. The molecule has 178 valence electrons. The molecule has 0 spiro atoms. The fourth-order valence-electron chi connectivity index (χ4n) is 3.64. The molecule has 0 aromatic heterocycles. The van der Waals surface area contributed by atoms with Crippen molar-refractivity contribution in [2.24, 2.45) is 0 Å². The molecule has 3 aromatic rings. The first-order chi connectivity index (χ1) is 16.4. The van der Waals surface area contributed by atoms with Crippen LogP contribution in [0.25, 0.3) is 0 Å². The smallest absolute Gasteiger partial charge is 0.243 e. The van der Waals surface area contributed by atoms with Gasteiger partial charge in [0.2, 0.25) is 11.8 Å². The number of carbonyl (C=O) groups is 2. The second kappa shape index (κ2) is 12.9. The SMILES string of the molecule is CC(C)NC(=O)[C@H](Cc1ccccc1)N(Cc1ccc(F)cc1)C(=O)CCSc1ccccc1. The van der Waals surface area contributed by atoms with Crippen molar-refractivity contribution in [3.8, 4) is 0 Å². The summed E-state index contributed by atoms with van der Waals surface area (Å²) in [4.78, 5) is 29.5. The van der Waals surface area contributed by atoms with Gasteiger partial charge in [-0.2, -0.15) is 0 Å². The minimum Gasteiger partial charge on any atom is -0.352 e. The van der Waals surface area contributed by atoms with Gasteiger partial charge in [-0.3, -0.25) is 9.59 Å². The predicted octanol–water partition coefficient (Wildman–Crippen LogP) is 5.47. The number of nitrogens with zero attached hydrogens (tertiary/aromatic N) is 1. The van der Waals surface area contributed by atoms with Gasteiger partial charge in [-0.05, 0) is 49.2 Å². The zero-order valence-corrected chi connectivity index (χ0v) is 20.4. The maximum atomic E-state index is 13.5. The Labute approximate surface area is 205 Å². The van der Waals surface area contributed by atoms with E-state index >= 15 is 0 Å². The van der Waals surface area contributed by atoms with Crippen molar-refractivity contribution in [3.63, 3.8) is 0 Å². The lowest BCUT2D eigenvalue weighted by atomic mass is 10.0. The second-order valence-corrected chi connectivity index (χ2v) is 9.60. The van der Waals surface area contributed by atoms with Gasteiger partial charge in [0.15, 0.2) is 0 Å². The number of hydrogen-bond acceptors (Lipinski definition) is 3. The van der Waals surface area contributed by atoms with Gasteiger partial charge in [0.1, 0.15) is 11.9 Å². The number of nitrogens with one attached hydrogen (secondary N) is 1. The van der Waals surface area contributed by atoms with Crippen LogP contribution in [0.1, 0.15) is 31.4 Å². The van der Waals surface area contributed by atoms with Gasteiger partial charge in [-0.25, -0.2) is 4.39 Å². The van der Waals surface area contributed by atoms with Crippen LogP contribution in [-0.4, -0.2) is 34.6 Å². The highest BCUT2D eigenvalue weighted by atomic mass is 32.2. The van der Waals surface area contributed by atoms with Crippen molar-refractivity contribution in [2.75, 3.05) is 5.75 Å². The van der Waals surface area contributed by atoms with E-state index in [4.69, 9.17) is 0 Å². The summed E-state index contributed by atoms with van der Waals surface area (Å²) < 4.78 is 13.5. The van der Waals surface area contributed by atoms with E-state index in [1.807, 2.05) is 74.5 Å². The Morgan fingerprint density at radius 3 is 2.12 bits per heavy atom. The zero-order chi connectivity index (χ0) is 24.3. The molecule has 1 atom stereocenters. The van der Waals surface area contributed by atoms with Gasteiger partial charge >= 0.3 is 0 Å². The Kier molecular flexibility index (Phi) is 9.71. The van der Waals surface area contributed by atoms with E-state index < -0.39 is 6.04 Å². The maximum absolute atomic E-state index is 13.5. The van der Waals surface area contributed by atoms with Crippen molar-refractivity contribution in [1.82, 2.24) is 10.2 Å². The third kappa shape index (κ3) is 8.03. The third-order valence-corrected chi connectivity index (χ3v) is 6.31. The molecular weight excluding hydrogens is 447 g/mol. The molecule has 3 aromatic carbocycles. The number of benzene rings is 3. The first kappa shape index (κ1) is 25.5. The number of halogens is 1. The van der Waals surface area contributed by atoms with Crippen LogP contribution in [0.5, 0.6) is 0 Å². The van der Waals surface area contributed by atoms with Crippen LogP contribution in [0.15, 0.2) is 89.8 Å². The molecule has 0 aliphatic carbocycles. The number of thioether (sulfide) groups is 1. The van der Waals surface area contributed by atoms with Crippen molar-refractivity contribution < 1.29 is 14.0 Å². The van der Waals surface area contributed by atoms with Gasteiger partial charge in [-0.1, -0.05) is 60.7 Å². The van der Waals surface area contributed by atoms with E-state index in [1.165, 1.54) is 12.1 Å². The first-order valence-corrected chi connectivity index (χ1v) is 12.5. The number of amides is 2. The van der Waals surface area contributed by atoms with Crippen molar-refractivity contribution in [3.05, 3.63) is 102 Å². The molecule has 1 N–H and O–H groups in total. The molecule has 0 aliphatic rings. The van der Waals surface area contributed by atoms with E-state index in [9.17, 15) is 14.0 Å². The molecule has 0 radical (unpaired) electrons. The van der Waals surface area contributed by atoms with Crippen LogP contribution >= 0.6 is 11.8 Å². The van der Waals surface area contributed by atoms with E-state index in [-0.39, 0.29) is 30.2 Å². The summed E-state index contributed by atoms with van der Waals surface area (Å²) >= 11 is 1.61. The lowest BCUT2D eigenvalue weighted by Gasteiger charge is -2.32. The van der Waals surface area contributed by atoms with Crippen molar-refractivity contribution in [2.45, 2.75) is 50.2 Å². The molecular formula is C28H31FN2O2S. The van der Waals surface area contributed by atoms with Crippen LogP contribution in [0.2, 0.25) is 0 Å². The van der Waals surface area contributed by atoms with E-state index in [1.54, 1.807) is 28.8 Å². The Morgan fingerprint density at radius 2 is 1.50 bits per heavy atom. The number of rotatable bonds is 11. The normalized spacial score (nSPS) is 11.8. The molecule has 0 unspecified atom stereocenters. The monoisotopic (exact) mass is 478 g/mol. The Morgan fingerprint density at radius 1 is 0.882 bits per heavy atom. The molecule has 0 aliphatic heterocycles. The second-order valence-electron chi connectivity index (χ2n) is 8.43. The zero-order valence-electron chi connectivity index (χ0n) is 19.6. The molecule has 2 amide bonds. The molecule has 4 nitrogen and oxygen atoms in total. The van der Waals surface area contributed by atoms with E-state index in [0.717, 1.165) is 16.0 Å². The molecule has 0 saturated heterocycles. The highest BCUT2D eigenvalue weighted by molar-refractivity contribution is 7.99. The van der Waals surface area contributed by atoms with E-state index in [0.29, 0.717) is 18.6 Å². The summed E-state index contributed by atoms with van der Waals surface area (Å²) in [5.74, 6) is -0.0241. The molecule has 0 fully saturated rings. The van der Waals surface area contributed by atoms with Crippen molar-refractivity contribution >= 4 is 23.6 Å². The average molecular weight is 479 g/mol. The fraction of sp³-hybridized carbons (Fsp3) is 0.286. The van der Waals surface area contributed by atoms with Crippen LogP contribution in [0, 0.1) is 5.82 Å². The highest BCUT2D eigenvalue weighted by Gasteiger charge is 2.30. The molecule has 3 rings (SSSR count). The Bertz CT molecular complexity index is 1040. The largest absolute Gasteiger partial charge is 0.352 e. The lowest BCUT2D eigenvalue weighted by Crippen LogP contribution is -2.51. The van der Waals surface area contributed by atoms with Crippen molar-refractivity contribution in [1.29, 1.82) is 0 Å². The summed E-state index contributed by atoms with van der Waals surface area (Å²) in [5.41, 5.74) is 1.75. The van der Waals surface area contributed by atoms with Gasteiger partial charge in [0.05, 0.1) is 0 Å². The highest BCUT2D eigenvalue weighted by Crippen LogP contribution is 2.21. The molecule has 34 heavy (non-hydrogen) atoms. The molecule has 0 saturated carbocycles. The standard InChI is InChI=1S/C28H31FN2O2S/c1-21(2)30-28(33)26(19-22-9-5-3-6-10-22)31(20-23-13-15-24(29)16-14-23)27(32)17-18-34-25-11-7-4-8-12-25/h3-16,21,26H,17-20H2,1-2H3,(H,30,33)/t26-/m0/s1. The maximum Gasteiger partial charge on any atom is 0.243 e. The van der Waals surface area contributed by atoms with Crippen LogP contribution < -0.4 is 5.32 Å². The predicted molar refractivity (Wildman–Crippen MR) is 136 cm³/mol. The molecule has 0 bridgehead atoms. The number of hydrogen-bond donors (Lipinski definition) is 1. The van der Waals surface area contributed by atoms with Crippen LogP contribution in [0.4, 0.5) is 4.39 Å². The Hall–Kier alpha value is -3.12. The van der Waals surface area contributed by atoms with Gasteiger partial charge in [0.25, 0.3) is 0 Å². The van der Waals surface area contributed by atoms with Gasteiger partial charge < -0.3 is 10.2 Å². The quantitative estimate of drug-likeness (QED) is 0.372. The van der Waals surface area contributed by atoms with Gasteiger partial charge in [-0.15, -0.1) is 11.8 Å². The third-order valence-electron chi connectivity index (χ3n) is 5.30. The number of carbonyl (C=O) groups excluding carboxylic acids is 2. The van der Waals surface area contributed by atoms with Gasteiger partial charge in [0, 0.05) is 36.1 Å². The van der Waals surface area contributed by atoms with Crippen LogP contribution in [0.3, 0.4) is 0 Å². The average Bonchev–Trinajstić information content (AvgIpc) is 2.83. The molecule has 0 heterocycles. The van der Waals surface area contributed by atoms with E-state index in [2.05, 4.69) is 5.32 Å². The Balaban J connectivity index is 1.84. The minimum absolute atomic E-state index is 0.0535. The fourth-order valence-corrected chi connectivity index (χ4v) is 4.50. The minimum atomic E-state index is -0.677. The molecule has 6 heteroatoms. The summed E-state index contributed by atoms with van der Waals surface area (Å²) in [7, 11) is 0.